The number of hydrogen-bond acceptors (Lipinski definition) is 6. The second-order valence-corrected chi connectivity index (χ2v) is 2.72. The molecule has 8 nitrogen and oxygen atoms in total. The van der Waals surface area contributed by atoms with Crippen molar-refractivity contribution in [2.24, 2.45) is 7.05 Å². The summed E-state index contributed by atoms with van der Waals surface area (Å²) in [6, 6.07) is 0. The summed E-state index contributed by atoms with van der Waals surface area (Å²) >= 11 is 0. The maximum Gasteiger partial charge on any atom is 0.244 e. The van der Waals surface area contributed by atoms with Gasteiger partial charge in [-0.1, -0.05) is 0 Å². The molecule has 0 aliphatic rings. The number of nitrogen functional groups attached to an aromatic ring is 1. The standard InChI is InChI=1S/C6H10N8/c1-14-9-3-4(13-14)2-8-6-10-5(7)11-12-6/h3H,2H2,1H3,(H4,7,8,10,11,12). The highest BCUT2D eigenvalue weighted by Crippen LogP contribution is 2.00. The number of aromatic amines is 1. The van der Waals surface area contributed by atoms with Crippen molar-refractivity contribution in [3.8, 4) is 0 Å². The summed E-state index contributed by atoms with van der Waals surface area (Å²) in [5.74, 6) is 0.736. The van der Waals surface area contributed by atoms with Crippen LogP contribution >= 0.6 is 0 Å². The van der Waals surface area contributed by atoms with Crippen LogP contribution in [0.5, 0.6) is 0 Å². The van der Waals surface area contributed by atoms with E-state index in [1.165, 1.54) is 4.80 Å². The normalized spacial score (nSPS) is 10.4. The molecular weight excluding hydrogens is 184 g/mol. The first-order valence-corrected chi connectivity index (χ1v) is 4.01. The minimum atomic E-state index is 0.284. The third kappa shape index (κ3) is 1.79. The molecule has 0 saturated carbocycles. The lowest BCUT2D eigenvalue weighted by molar-refractivity contribution is 0.646. The number of nitrogens with two attached hydrogens (primary N) is 1. The number of aromatic nitrogens is 6. The molecule has 14 heavy (non-hydrogen) atoms. The summed E-state index contributed by atoms with van der Waals surface area (Å²) < 4.78 is 0. The molecule has 74 valence electrons. The van der Waals surface area contributed by atoms with E-state index in [9.17, 15) is 0 Å². The Balaban J connectivity index is 1.94. The Labute approximate surface area is 79.5 Å². The Morgan fingerprint density at radius 2 is 2.50 bits per heavy atom. The molecule has 2 aromatic heterocycles. The van der Waals surface area contributed by atoms with Crippen molar-refractivity contribution in [1.82, 2.24) is 30.2 Å². The van der Waals surface area contributed by atoms with Gasteiger partial charge in [0.15, 0.2) is 0 Å². The van der Waals surface area contributed by atoms with Crippen LogP contribution in [0.15, 0.2) is 6.20 Å². The average molecular weight is 194 g/mol. The fraction of sp³-hybridized carbons (Fsp3) is 0.333. The number of anilines is 2. The van der Waals surface area contributed by atoms with E-state index in [4.69, 9.17) is 5.73 Å². The molecule has 2 rings (SSSR count). The molecule has 4 N–H and O–H groups in total. The highest BCUT2D eigenvalue weighted by molar-refractivity contribution is 5.29. The van der Waals surface area contributed by atoms with Gasteiger partial charge in [-0.05, 0) is 0 Å². The fourth-order valence-electron chi connectivity index (χ4n) is 0.992. The van der Waals surface area contributed by atoms with E-state index in [-0.39, 0.29) is 5.95 Å². The van der Waals surface area contributed by atoms with Crippen molar-refractivity contribution in [1.29, 1.82) is 0 Å². The first-order chi connectivity index (χ1) is 6.74. The predicted octanol–water partition coefficient (Wildman–Crippen LogP) is -0.873. The van der Waals surface area contributed by atoms with Crippen molar-refractivity contribution in [2.45, 2.75) is 6.54 Å². The van der Waals surface area contributed by atoms with Gasteiger partial charge < -0.3 is 11.1 Å². The Kier molecular flexibility index (Phi) is 2.01. The van der Waals surface area contributed by atoms with Crippen LogP contribution in [0.3, 0.4) is 0 Å². The maximum atomic E-state index is 5.35. The van der Waals surface area contributed by atoms with Gasteiger partial charge in [-0.25, -0.2) is 5.10 Å². The van der Waals surface area contributed by atoms with Crippen LogP contribution in [-0.2, 0) is 13.6 Å². The number of nitrogens with one attached hydrogen (secondary N) is 2. The average Bonchev–Trinajstić information content (AvgIpc) is 2.72. The van der Waals surface area contributed by atoms with Crippen molar-refractivity contribution in [3.63, 3.8) is 0 Å². The number of aryl methyl sites for hydroxylation is 1. The monoisotopic (exact) mass is 194 g/mol. The van der Waals surface area contributed by atoms with Gasteiger partial charge in [0.25, 0.3) is 0 Å². The van der Waals surface area contributed by atoms with Gasteiger partial charge >= 0.3 is 0 Å². The van der Waals surface area contributed by atoms with Crippen molar-refractivity contribution < 1.29 is 0 Å². The zero-order valence-electron chi connectivity index (χ0n) is 7.60. The second-order valence-electron chi connectivity index (χ2n) is 2.72. The van der Waals surface area contributed by atoms with Gasteiger partial charge in [-0.2, -0.15) is 20.0 Å². The van der Waals surface area contributed by atoms with Crippen LogP contribution in [0.2, 0.25) is 0 Å². The van der Waals surface area contributed by atoms with Crippen LogP contribution in [-0.4, -0.2) is 30.2 Å². The summed E-state index contributed by atoms with van der Waals surface area (Å²) in [5, 5.41) is 17.3. The lowest BCUT2D eigenvalue weighted by Crippen LogP contribution is -2.02. The van der Waals surface area contributed by atoms with Crippen LogP contribution in [0.1, 0.15) is 5.69 Å². The number of hydrogen-bond donors (Lipinski definition) is 3. The highest BCUT2D eigenvalue weighted by atomic mass is 15.5. The van der Waals surface area contributed by atoms with E-state index in [0.29, 0.717) is 12.5 Å². The quantitative estimate of drug-likeness (QED) is 0.585. The van der Waals surface area contributed by atoms with E-state index in [2.05, 4.69) is 30.7 Å². The molecule has 0 saturated heterocycles. The van der Waals surface area contributed by atoms with Gasteiger partial charge in [0.05, 0.1) is 12.7 Å². The lowest BCUT2D eigenvalue weighted by atomic mass is 10.5. The number of nitrogens with zero attached hydrogens (tertiary/aromatic N) is 5. The highest BCUT2D eigenvalue weighted by Gasteiger charge is 2.01. The van der Waals surface area contributed by atoms with E-state index >= 15 is 0 Å². The van der Waals surface area contributed by atoms with Gasteiger partial charge in [-0.3, -0.25) is 0 Å². The van der Waals surface area contributed by atoms with Crippen LogP contribution in [0.4, 0.5) is 11.9 Å². The molecule has 0 atom stereocenters. The Bertz CT molecular complexity index is 375. The van der Waals surface area contributed by atoms with Gasteiger partial charge in [0, 0.05) is 7.05 Å². The second kappa shape index (κ2) is 3.32. The van der Waals surface area contributed by atoms with Crippen LogP contribution < -0.4 is 11.1 Å². The summed E-state index contributed by atoms with van der Waals surface area (Å²) in [6.07, 6.45) is 1.67. The molecule has 2 aromatic rings. The first-order valence-electron chi connectivity index (χ1n) is 4.01. The fourth-order valence-corrected chi connectivity index (χ4v) is 0.992. The van der Waals surface area contributed by atoms with Crippen LogP contribution in [0, 0.1) is 0 Å². The van der Waals surface area contributed by atoms with E-state index < -0.39 is 0 Å². The molecule has 0 aliphatic carbocycles. The molecule has 0 aliphatic heterocycles. The Morgan fingerprint density at radius 1 is 1.64 bits per heavy atom. The number of H-pyrrole nitrogens is 1. The topological polar surface area (TPSA) is 110 Å². The Hall–Kier alpha value is -2.12. The molecule has 2 heterocycles. The smallest absolute Gasteiger partial charge is 0.244 e. The minimum absolute atomic E-state index is 0.284. The molecule has 0 amide bonds. The summed E-state index contributed by atoms with van der Waals surface area (Å²) in [7, 11) is 1.76. The zero-order valence-corrected chi connectivity index (χ0v) is 7.60. The molecule has 8 heteroatoms. The summed E-state index contributed by atoms with van der Waals surface area (Å²) in [6.45, 7) is 0.519. The van der Waals surface area contributed by atoms with Crippen molar-refractivity contribution in [2.75, 3.05) is 11.1 Å². The van der Waals surface area contributed by atoms with Crippen molar-refractivity contribution in [3.05, 3.63) is 11.9 Å². The predicted molar refractivity (Wildman–Crippen MR) is 49.1 cm³/mol. The lowest BCUT2D eigenvalue weighted by Gasteiger charge is -1.95. The van der Waals surface area contributed by atoms with Crippen molar-refractivity contribution >= 4 is 11.9 Å². The van der Waals surface area contributed by atoms with E-state index in [1.54, 1.807) is 13.2 Å². The molecule has 0 radical (unpaired) electrons. The first kappa shape index (κ1) is 8.48. The Morgan fingerprint density at radius 3 is 3.07 bits per heavy atom. The van der Waals surface area contributed by atoms with Gasteiger partial charge in [0.1, 0.15) is 5.69 Å². The van der Waals surface area contributed by atoms with Crippen LogP contribution in [0.25, 0.3) is 0 Å². The molecule has 0 fully saturated rings. The third-order valence-electron chi connectivity index (χ3n) is 1.58. The van der Waals surface area contributed by atoms with Gasteiger partial charge in [0.2, 0.25) is 11.9 Å². The zero-order chi connectivity index (χ0) is 9.97. The minimum Gasteiger partial charge on any atom is -0.368 e. The van der Waals surface area contributed by atoms with E-state index in [1.807, 2.05) is 0 Å². The molecular formula is C6H10N8. The molecule has 0 aromatic carbocycles. The largest absolute Gasteiger partial charge is 0.368 e. The maximum absolute atomic E-state index is 5.35. The summed E-state index contributed by atoms with van der Waals surface area (Å²) in [5.41, 5.74) is 6.17. The summed E-state index contributed by atoms with van der Waals surface area (Å²) in [4.78, 5) is 5.37. The molecule has 0 spiro atoms. The third-order valence-corrected chi connectivity index (χ3v) is 1.58. The van der Waals surface area contributed by atoms with E-state index in [0.717, 1.165) is 5.69 Å². The SMILES string of the molecule is Cn1ncc(CNc2n[nH]c(N)n2)n1. The number of rotatable bonds is 3. The molecule has 0 bridgehead atoms. The van der Waals surface area contributed by atoms with Gasteiger partial charge in [-0.15, -0.1) is 5.10 Å². The molecule has 0 unspecified atom stereocenters.